The molecule has 5 nitrogen and oxygen atoms in total. The number of carbonyl (C=O) groups excluding carboxylic acids is 2. The summed E-state index contributed by atoms with van der Waals surface area (Å²) in [5.41, 5.74) is 0.874. The Morgan fingerprint density at radius 1 is 1.06 bits per heavy atom. The molecule has 1 fully saturated rings. The normalized spacial score (nSPS) is 14.8. The highest BCUT2D eigenvalue weighted by molar-refractivity contribution is 6.35. The SMILES string of the molecule is CCC(C(=O)NC1CCCC1)N(Cc1ccc(Cl)cc1)C(=O)COc1ccc(Cl)cc1Cl. The van der Waals surface area contributed by atoms with Crippen molar-refractivity contribution in [1.29, 1.82) is 0 Å². The van der Waals surface area contributed by atoms with Crippen LogP contribution < -0.4 is 10.1 Å². The molecule has 1 atom stereocenters. The van der Waals surface area contributed by atoms with Crippen molar-refractivity contribution in [3.63, 3.8) is 0 Å². The van der Waals surface area contributed by atoms with Crippen LogP contribution in [0.25, 0.3) is 0 Å². The molecule has 32 heavy (non-hydrogen) atoms. The van der Waals surface area contributed by atoms with Gasteiger partial charge in [0, 0.05) is 22.6 Å². The van der Waals surface area contributed by atoms with Gasteiger partial charge in [0.15, 0.2) is 6.61 Å². The Morgan fingerprint density at radius 2 is 1.72 bits per heavy atom. The first-order chi connectivity index (χ1) is 15.4. The topological polar surface area (TPSA) is 58.6 Å². The standard InChI is InChI=1S/C24H27Cl3N2O3/c1-2-21(24(31)28-19-5-3-4-6-19)29(14-16-7-9-17(25)10-8-16)23(30)15-32-22-12-11-18(26)13-20(22)27/h7-13,19,21H,2-6,14-15H2,1H3,(H,28,31). The van der Waals surface area contributed by atoms with Crippen LogP contribution in [-0.4, -0.2) is 35.4 Å². The summed E-state index contributed by atoms with van der Waals surface area (Å²) in [5, 5.41) is 4.53. The van der Waals surface area contributed by atoms with Crippen LogP contribution in [0.4, 0.5) is 0 Å². The van der Waals surface area contributed by atoms with E-state index in [-0.39, 0.29) is 31.0 Å². The smallest absolute Gasteiger partial charge is 0.261 e. The minimum Gasteiger partial charge on any atom is -0.482 e. The molecule has 2 aromatic rings. The van der Waals surface area contributed by atoms with Gasteiger partial charge >= 0.3 is 0 Å². The first kappa shape index (κ1) is 24.7. The third-order valence-electron chi connectivity index (χ3n) is 5.60. The number of hydrogen-bond acceptors (Lipinski definition) is 3. The van der Waals surface area contributed by atoms with Crippen LogP contribution in [0.3, 0.4) is 0 Å². The van der Waals surface area contributed by atoms with Gasteiger partial charge in [-0.15, -0.1) is 0 Å². The van der Waals surface area contributed by atoms with E-state index >= 15 is 0 Å². The van der Waals surface area contributed by atoms with Gasteiger partial charge in [0.1, 0.15) is 11.8 Å². The predicted molar refractivity (Wildman–Crippen MR) is 128 cm³/mol. The van der Waals surface area contributed by atoms with Crippen LogP contribution in [0.2, 0.25) is 15.1 Å². The third-order valence-corrected chi connectivity index (χ3v) is 6.38. The molecule has 1 aliphatic carbocycles. The second-order valence-electron chi connectivity index (χ2n) is 7.93. The Labute approximate surface area is 204 Å². The van der Waals surface area contributed by atoms with E-state index in [9.17, 15) is 9.59 Å². The molecule has 1 N–H and O–H groups in total. The molecule has 0 saturated heterocycles. The maximum absolute atomic E-state index is 13.2. The fourth-order valence-electron chi connectivity index (χ4n) is 3.89. The number of nitrogens with zero attached hydrogens (tertiary/aromatic N) is 1. The lowest BCUT2D eigenvalue weighted by Crippen LogP contribution is -2.52. The van der Waals surface area contributed by atoms with Crippen molar-refractivity contribution in [2.24, 2.45) is 0 Å². The number of rotatable bonds is 9. The summed E-state index contributed by atoms with van der Waals surface area (Å²) in [6.07, 6.45) is 4.67. The highest BCUT2D eigenvalue weighted by Crippen LogP contribution is 2.27. The van der Waals surface area contributed by atoms with Gasteiger partial charge in [-0.05, 0) is 55.2 Å². The zero-order valence-corrected chi connectivity index (χ0v) is 20.2. The van der Waals surface area contributed by atoms with Crippen LogP contribution in [0.15, 0.2) is 42.5 Å². The van der Waals surface area contributed by atoms with E-state index in [1.807, 2.05) is 19.1 Å². The zero-order chi connectivity index (χ0) is 23.1. The lowest BCUT2D eigenvalue weighted by Gasteiger charge is -2.31. The molecular weight excluding hydrogens is 471 g/mol. The molecule has 1 aliphatic rings. The number of benzene rings is 2. The average Bonchev–Trinajstić information content (AvgIpc) is 3.27. The van der Waals surface area contributed by atoms with Gasteiger partial charge in [0.25, 0.3) is 5.91 Å². The largest absolute Gasteiger partial charge is 0.482 e. The van der Waals surface area contributed by atoms with Gasteiger partial charge in [-0.3, -0.25) is 9.59 Å². The van der Waals surface area contributed by atoms with Gasteiger partial charge in [-0.2, -0.15) is 0 Å². The third kappa shape index (κ3) is 6.77. The van der Waals surface area contributed by atoms with E-state index < -0.39 is 6.04 Å². The molecule has 3 rings (SSSR count). The first-order valence-corrected chi connectivity index (χ1v) is 11.9. The second kappa shape index (κ2) is 11.8. The van der Waals surface area contributed by atoms with E-state index in [4.69, 9.17) is 39.5 Å². The number of carbonyl (C=O) groups is 2. The van der Waals surface area contributed by atoms with E-state index in [0.717, 1.165) is 31.2 Å². The molecule has 2 amide bonds. The maximum atomic E-state index is 13.2. The maximum Gasteiger partial charge on any atom is 0.261 e. The number of halogens is 3. The van der Waals surface area contributed by atoms with E-state index in [1.165, 1.54) is 0 Å². The summed E-state index contributed by atoms with van der Waals surface area (Å²) in [6.45, 7) is 1.92. The van der Waals surface area contributed by atoms with Crippen molar-refractivity contribution < 1.29 is 14.3 Å². The summed E-state index contributed by atoms with van der Waals surface area (Å²) in [5.74, 6) is -0.0788. The van der Waals surface area contributed by atoms with Crippen LogP contribution in [-0.2, 0) is 16.1 Å². The van der Waals surface area contributed by atoms with Crippen molar-refractivity contribution in [3.8, 4) is 5.75 Å². The van der Waals surface area contributed by atoms with Crippen molar-refractivity contribution in [1.82, 2.24) is 10.2 Å². The predicted octanol–water partition coefficient (Wildman–Crippen LogP) is 5.89. The molecule has 1 unspecified atom stereocenters. The fourth-order valence-corrected chi connectivity index (χ4v) is 4.48. The van der Waals surface area contributed by atoms with E-state index in [1.54, 1.807) is 35.2 Å². The summed E-state index contributed by atoms with van der Waals surface area (Å²) in [4.78, 5) is 27.9. The fraction of sp³-hybridized carbons (Fsp3) is 0.417. The van der Waals surface area contributed by atoms with Gasteiger partial charge in [0.05, 0.1) is 5.02 Å². The molecule has 0 heterocycles. The molecule has 0 aliphatic heterocycles. The monoisotopic (exact) mass is 496 g/mol. The quantitative estimate of drug-likeness (QED) is 0.470. The van der Waals surface area contributed by atoms with E-state index in [0.29, 0.717) is 27.2 Å². The number of hydrogen-bond donors (Lipinski definition) is 1. The summed E-state index contributed by atoms with van der Waals surface area (Å²) < 4.78 is 5.66. The summed E-state index contributed by atoms with van der Waals surface area (Å²) in [6, 6.07) is 11.6. The van der Waals surface area contributed by atoms with E-state index in [2.05, 4.69) is 5.32 Å². The van der Waals surface area contributed by atoms with Crippen LogP contribution in [0.1, 0.15) is 44.6 Å². The highest BCUT2D eigenvalue weighted by atomic mass is 35.5. The Morgan fingerprint density at radius 3 is 2.34 bits per heavy atom. The molecule has 0 bridgehead atoms. The average molecular weight is 498 g/mol. The molecule has 0 radical (unpaired) electrons. The van der Waals surface area contributed by atoms with Crippen LogP contribution in [0, 0.1) is 0 Å². The van der Waals surface area contributed by atoms with Gasteiger partial charge in [0.2, 0.25) is 5.91 Å². The van der Waals surface area contributed by atoms with Gasteiger partial charge in [-0.1, -0.05) is 66.7 Å². The van der Waals surface area contributed by atoms with Crippen molar-refractivity contribution in [3.05, 3.63) is 63.1 Å². The molecular formula is C24H27Cl3N2O3. The van der Waals surface area contributed by atoms with Gasteiger partial charge < -0.3 is 15.0 Å². The molecule has 0 aromatic heterocycles. The molecule has 172 valence electrons. The summed E-state index contributed by atoms with van der Waals surface area (Å²) in [7, 11) is 0. The zero-order valence-electron chi connectivity index (χ0n) is 18.0. The number of amides is 2. The summed E-state index contributed by atoms with van der Waals surface area (Å²) >= 11 is 18.1. The second-order valence-corrected chi connectivity index (χ2v) is 9.21. The minimum atomic E-state index is -0.608. The lowest BCUT2D eigenvalue weighted by atomic mass is 10.1. The molecule has 8 heteroatoms. The van der Waals surface area contributed by atoms with Gasteiger partial charge in [-0.25, -0.2) is 0 Å². The Hall–Kier alpha value is -1.95. The lowest BCUT2D eigenvalue weighted by molar-refractivity contribution is -0.143. The van der Waals surface area contributed by atoms with Crippen LogP contribution >= 0.6 is 34.8 Å². The van der Waals surface area contributed by atoms with Crippen molar-refractivity contribution >= 4 is 46.6 Å². The van der Waals surface area contributed by atoms with Crippen molar-refractivity contribution in [2.45, 2.75) is 57.7 Å². The Kier molecular flexibility index (Phi) is 9.09. The minimum absolute atomic E-state index is 0.133. The highest BCUT2D eigenvalue weighted by Gasteiger charge is 2.31. The number of ether oxygens (including phenoxy) is 1. The van der Waals surface area contributed by atoms with Crippen molar-refractivity contribution in [2.75, 3.05) is 6.61 Å². The number of nitrogens with one attached hydrogen (secondary N) is 1. The molecule has 1 saturated carbocycles. The molecule has 0 spiro atoms. The first-order valence-electron chi connectivity index (χ1n) is 10.8. The molecule has 2 aromatic carbocycles. The Balaban J connectivity index is 1.76. The van der Waals surface area contributed by atoms with Crippen LogP contribution in [0.5, 0.6) is 5.75 Å². The Bertz CT molecular complexity index is 931.